The summed E-state index contributed by atoms with van der Waals surface area (Å²) < 4.78 is 18.4. The standard InChI is InChI=1S/C18H14FN5O4/c1-11-2-8-14(9-3-11)28-18-15(24(26)27)16(20-10-21-18)22-23-17(25)12-4-6-13(19)7-5-12/h2-10H,1H3,(H,23,25)(H,20,21,22). The lowest BCUT2D eigenvalue weighted by Gasteiger charge is -2.10. The molecule has 0 atom stereocenters. The van der Waals surface area contributed by atoms with Gasteiger partial charge in [-0.2, -0.15) is 4.98 Å². The molecule has 0 unspecified atom stereocenters. The molecule has 2 aromatic carbocycles. The largest absolute Gasteiger partial charge is 0.434 e. The molecule has 0 aliphatic rings. The van der Waals surface area contributed by atoms with E-state index >= 15 is 0 Å². The number of carbonyl (C=O) groups is 1. The molecular weight excluding hydrogens is 369 g/mol. The first-order valence-corrected chi connectivity index (χ1v) is 8.00. The summed E-state index contributed by atoms with van der Waals surface area (Å²) in [5, 5.41) is 11.5. The van der Waals surface area contributed by atoms with Gasteiger partial charge in [0, 0.05) is 5.56 Å². The molecule has 28 heavy (non-hydrogen) atoms. The van der Waals surface area contributed by atoms with Gasteiger partial charge >= 0.3 is 11.6 Å². The second-order valence-corrected chi connectivity index (χ2v) is 5.63. The molecule has 0 spiro atoms. The zero-order chi connectivity index (χ0) is 20.1. The van der Waals surface area contributed by atoms with Crippen LogP contribution in [0.15, 0.2) is 54.9 Å². The van der Waals surface area contributed by atoms with Gasteiger partial charge in [-0.25, -0.2) is 9.37 Å². The van der Waals surface area contributed by atoms with E-state index in [-0.39, 0.29) is 17.3 Å². The third-order valence-electron chi connectivity index (χ3n) is 3.61. The minimum Gasteiger partial charge on any atom is -0.434 e. The molecule has 10 heteroatoms. The van der Waals surface area contributed by atoms with Crippen LogP contribution in [0.2, 0.25) is 0 Å². The number of nitro groups is 1. The Labute approximate surface area is 158 Å². The summed E-state index contributed by atoms with van der Waals surface area (Å²) >= 11 is 0. The average Bonchev–Trinajstić information content (AvgIpc) is 2.68. The highest BCUT2D eigenvalue weighted by Crippen LogP contribution is 2.33. The van der Waals surface area contributed by atoms with E-state index in [4.69, 9.17) is 4.74 Å². The first-order chi connectivity index (χ1) is 13.4. The monoisotopic (exact) mass is 383 g/mol. The van der Waals surface area contributed by atoms with Gasteiger partial charge in [0.25, 0.3) is 5.91 Å². The number of aromatic nitrogens is 2. The molecule has 0 aliphatic heterocycles. The van der Waals surface area contributed by atoms with E-state index in [2.05, 4.69) is 20.8 Å². The van der Waals surface area contributed by atoms with Gasteiger partial charge in [0.05, 0.1) is 4.92 Å². The topological polar surface area (TPSA) is 119 Å². The Bertz CT molecular complexity index is 1010. The van der Waals surface area contributed by atoms with Crippen LogP contribution >= 0.6 is 0 Å². The van der Waals surface area contributed by atoms with E-state index in [1.54, 1.807) is 24.3 Å². The molecule has 0 fully saturated rings. The molecular formula is C18H14FN5O4. The fourth-order valence-corrected chi connectivity index (χ4v) is 2.20. The molecule has 0 saturated heterocycles. The molecule has 0 radical (unpaired) electrons. The van der Waals surface area contributed by atoms with E-state index in [9.17, 15) is 19.3 Å². The van der Waals surface area contributed by atoms with Gasteiger partial charge in [0.2, 0.25) is 5.82 Å². The first kappa shape index (κ1) is 18.7. The highest BCUT2D eigenvalue weighted by Gasteiger charge is 2.25. The number of aryl methyl sites for hydroxylation is 1. The van der Waals surface area contributed by atoms with Gasteiger partial charge in [-0.15, -0.1) is 0 Å². The van der Waals surface area contributed by atoms with E-state index in [1.807, 2.05) is 6.92 Å². The van der Waals surface area contributed by atoms with Crippen molar-refractivity contribution in [1.82, 2.24) is 15.4 Å². The lowest BCUT2D eigenvalue weighted by Crippen LogP contribution is -2.30. The lowest BCUT2D eigenvalue weighted by atomic mass is 10.2. The number of rotatable bonds is 6. The van der Waals surface area contributed by atoms with Gasteiger partial charge in [-0.05, 0) is 43.3 Å². The minimum atomic E-state index is -0.726. The van der Waals surface area contributed by atoms with Crippen molar-refractivity contribution in [1.29, 1.82) is 0 Å². The second kappa shape index (κ2) is 8.08. The highest BCUT2D eigenvalue weighted by atomic mass is 19.1. The van der Waals surface area contributed by atoms with Gasteiger partial charge < -0.3 is 4.74 Å². The van der Waals surface area contributed by atoms with Crippen molar-refractivity contribution in [2.75, 3.05) is 5.43 Å². The molecule has 142 valence electrons. The number of anilines is 1. The molecule has 2 N–H and O–H groups in total. The number of nitrogens with one attached hydrogen (secondary N) is 2. The molecule has 1 heterocycles. The Morgan fingerprint density at radius 3 is 2.43 bits per heavy atom. The van der Waals surface area contributed by atoms with Crippen molar-refractivity contribution in [3.8, 4) is 11.6 Å². The van der Waals surface area contributed by atoms with Crippen LogP contribution in [0, 0.1) is 22.9 Å². The number of halogens is 1. The second-order valence-electron chi connectivity index (χ2n) is 5.63. The minimum absolute atomic E-state index is 0.154. The smallest absolute Gasteiger partial charge is 0.374 e. The summed E-state index contributed by atoms with van der Waals surface area (Å²) in [6.07, 6.45) is 1.06. The van der Waals surface area contributed by atoms with Crippen molar-refractivity contribution >= 4 is 17.4 Å². The summed E-state index contributed by atoms with van der Waals surface area (Å²) in [5.74, 6) is -1.32. The summed E-state index contributed by atoms with van der Waals surface area (Å²) in [5.41, 5.74) is 5.24. The van der Waals surface area contributed by atoms with Crippen LogP contribution in [0.25, 0.3) is 0 Å². The Kier molecular flexibility index (Phi) is 5.40. The fourth-order valence-electron chi connectivity index (χ4n) is 2.20. The summed E-state index contributed by atoms with van der Waals surface area (Å²) in [6, 6.07) is 11.6. The summed E-state index contributed by atoms with van der Waals surface area (Å²) in [4.78, 5) is 30.4. The normalized spacial score (nSPS) is 10.2. The SMILES string of the molecule is Cc1ccc(Oc2ncnc(NNC(=O)c3ccc(F)cc3)c2[N+](=O)[O-])cc1. The Hall–Kier alpha value is -4.08. The third kappa shape index (κ3) is 4.36. The van der Waals surface area contributed by atoms with Crippen LogP contribution in [0.4, 0.5) is 15.9 Å². The van der Waals surface area contributed by atoms with Crippen molar-refractivity contribution in [2.24, 2.45) is 0 Å². The van der Waals surface area contributed by atoms with Crippen LogP contribution in [0.5, 0.6) is 11.6 Å². The average molecular weight is 383 g/mol. The Balaban J connectivity index is 1.80. The van der Waals surface area contributed by atoms with E-state index in [0.717, 1.165) is 24.0 Å². The predicted octanol–water partition coefficient (Wildman–Crippen LogP) is 3.38. The third-order valence-corrected chi connectivity index (χ3v) is 3.61. The van der Waals surface area contributed by atoms with Gasteiger partial charge in [-0.3, -0.25) is 25.8 Å². The zero-order valence-corrected chi connectivity index (χ0v) is 14.5. The number of carbonyl (C=O) groups excluding carboxylic acids is 1. The molecule has 9 nitrogen and oxygen atoms in total. The maximum atomic E-state index is 12.9. The van der Waals surface area contributed by atoms with Gasteiger partial charge in [0.15, 0.2) is 0 Å². The van der Waals surface area contributed by atoms with Crippen LogP contribution in [-0.4, -0.2) is 20.8 Å². The highest BCUT2D eigenvalue weighted by molar-refractivity contribution is 5.94. The maximum absolute atomic E-state index is 12.9. The number of nitrogens with zero attached hydrogens (tertiary/aromatic N) is 3. The fraction of sp³-hybridized carbons (Fsp3) is 0.0556. The molecule has 0 aliphatic carbocycles. The van der Waals surface area contributed by atoms with Crippen LogP contribution < -0.4 is 15.6 Å². The number of ether oxygens (including phenoxy) is 1. The molecule has 3 rings (SSSR count). The number of hydrogen-bond donors (Lipinski definition) is 2. The molecule has 1 aromatic heterocycles. The number of hydrogen-bond acceptors (Lipinski definition) is 7. The first-order valence-electron chi connectivity index (χ1n) is 8.00. The number of benzene rings is 2. The van der Waals surface area contributed by atoms with E-state index in [1.165, 1.54) is 12.1 Å². The maximum Gasteiger partial charge on any atom is 0.374 e. The quantitative estimate of drug-likeness (QED) is 0.495. The van der Waals surface area contributed by atoms with E-state index < -0.39 is 22.3 Å². The number of amides is 1. The van der Waals surface area contributed by atoms with Crippen LogP contribution in [0.3, 0.4) is 0 Å². The summed E-state index contributed by atoms with van der Waals surface area (Å²) in [6.45, 7) is 1.89. The number of hydrazine groups is 1. The molecule has 0 bridgehead atoms. The predicted molar refractivity (Wildman–Crippen MR) is 97.4 cm³/mol. The molecule has 3 aromatic rings. The molecule has 0 saturated carbocycles. The van der Waals surface area contributed by atoms with Crippen molar-refractivity contribution in [3.05, 3.63) is 81.9 Å². The van der Waals surface area contributed by atoms with Crippen LogP contribution in [0.1, 0.15) is 15.9 Å². The molecule has 1 amide bonds. The Morgan fingerprint density at radius 1 is 1.11 bits per heavy atom. The summed E-state index contributed by atoms with van der Waals surface area (Å²) in [7, 11) is 0. The van der Waals surface area contributed by atoms with Crippen molar-refractivity contribution in [2.45, 2.75) is 6.92 Å². The van der Waals surface area contributed by atoms with Crippen molar-refractivity contribution < 1.29 is 18.8 Å². The van der Waals surface area contributed by atoms with Crippen LogP contribution in [-0.2, 0) is 0 Å². The van der Waals surface area contributed by atoms with E-state index in [0.29, 0.717) is 5.75 Å². The Morgan fingerprint density at radius 2 is 1.79 bits per heavy atom. The van der Waals surface area contributed by atoms with Crippen molar-refractivity contribution in [3.63, 3.8) is 0 Å². The van der Waals surface area contributed by atoms with Gasteiger partial charge in [-0.1, -0.05) is 17.7 Å². The zero-order valence-electron chi connectivity index (χ0n) is 14.5. The van der Waals surface area contributed by atoms with Gasteiger partial charge in [0.1, 0.15) is 17.9 Å². The lowest BCUT2D eigenvalue weighted by molar-refractivity contribution is -0.385.